The highest BCUT2D eigenvalue weighted by Gasteiger charge is 2.29. The molecule has 1 nitrogen and oxygen atoms in total. The molecule has 1 saturated carbocycles. The van der Waals surface area contributed by atoms with Crippen molar-refractivity contribution < 1.29 is 4.39 Å². The van der Waals surface area contributed by atoms with Gasteiger partial charge in [0.2, 0.25) is 0 Å². The maximum atomic E-state index is 12.8. The highest BCUT2D eigenvalue weighted by atomic mass is 79.9. The van der Waals surface area contributed by atoms with E-state index in [-0.39, 0.29) is 11.2 Å². The van der Waals surface area contributed by atoms with Gasteiger partial charge in [0, 0.05) is 22.9 Å². The zero-order valence-corrected chi connectivity index (χ0v) is 11.2. The van der Waals surface area contributed by atoms with Crippen LogP contribution in [0.1, 0.15) is 18.4 Å². The van der Waals surface area contributed by atoms with Gasteiger partial charge in [-0.1, -0.05) is 22.0 Å². The van der Waals surface area contributed by atoms with Crippen LogP contribution < -0.4 is 5.32 Å². The lowest BCUT2D eigenvalue weighted by atomic mass is 10.2. The molecule has 1 N–H and O–H groups in total. The van der Waals surface area contributed by atoms with E-state index in [9.17, 15) is 4.39 Å². The van der Waals surface area contributed by atoms with E-state index in [0.717, 1.165) is 23.1 Å². The summed E-state index contributed by atoms with van der Waals surface area (Å²) in [6, 6.07) is 4.74. The Hall–Kier alpha value is -0.120. The zero-order valence-electron chi connectivity index (χ0n) is 8.85. The molecule has 1 unspecified atom stereocenters. The van der Waals surface area contributed by atoms with Crippen molar-refractivity contribution in [1.29, 1.82) is 0 Å². The molecular weight excluding hydrogens is 292 g/mol. The molecule has 1 fully saturated rings. The van der Waals surface area contributed by atoms with Gasteiger partial charge in [0.15, 0.2) is 0 Å². The van der Waals surface area contributed by atoms with Crippen molar-refractivity contribution in [3.05, 3.63) is 34.1 Å². The lowest BCUT2D eigenvalue weighted by molar-refractivity contribution is 0.611. The lowest BCUT2D eigenvalue weighted by Crippen LogP contribution is -2.24. The molecular formula is C12H14BrClFN. The van der Waals surface area contributed by atoms with Crippen molar-refractivity contribution in [3.63, 3.8) is 0 Å². The molecule has 0 heterocycles. The van der Waals surface area contributed by atoms with Gasteiger partial charge in [0.25, 0.3) is 0 Å². The Bertz CT molecular complexity index is 368. The standard InChI is InChI=1S/C12H14BrClFN/c13-11-5-10(15)4-3-9(11)6-16-7-12(14)8-1-2-8/h3-5,8,12,16H,1-2,6-7H2. The molecule has 0 aliphatic heterocycles. The smallest absolute Gasteiger partial charge is 0.124 e. The van der Waals surface area contributed by atoms with Crippen LogP contribution >= 0.6 is 27.5 Å². The van der Waals surface area contributed by atoms with Gasteiger partial charge in [-0.05, 0) is 36.5 Å². The quantitative estimate of drug-likeness (QED) is 0.818. The molecule has 0 bridgehead atoms. The Morgan fingerprint density at radius 2 is 2.25 bits per heavy atom. The third kappa shape index (κ3) is 3.44. The fourth-order valence-electron chi connectivity index (χ4n) is 1.63. The van der Waals surface area contributed by atoms with Gasteiger partial charge in [-0.15, -0.1) is 11.6 Å². The monoisotopic (exact) mass is 305 g/mol. The van der Waals surface area contributed by atoms with Crippen molar-refractivity contribution in [2.45, 2.75) is 24.8 Å². The number of halogens is 3. The number of nitrogens with one attached hydrogen (secondary N) is 1. The number of rotatable bonds is 5. The largest absolute Gasteiger partial charge is 0.311 e. The van der Waals surface area contributed by atoms with E-state index in [0.29, 0.717) is 5.92 Å². The summed E-state index contributed by atoms with van der Waals surface area (Å²) >= 11 is 9.52. The van der Waals surface area contributed by atoms with Crippen LogP contribution in [-0.2, 0) is 6.54 Å². The molecule has 1 aliphatic rings. The van der Waals surface area contributed by atoms with Crippen LogP contribution in [0.4, 0.5) is 4.39 Å². The van der Waals surface area contributed by atoms with Crippen molar-refractivity contribution in [2.75, 3.05) is 6.54 Å². The third-order valence-corrected chi connectivity index (χ3v) is 4.05. The number of benzene rings is 1. The highest BCUT2D eigenvalue weighted by Crippen LogP contribution is 2.35. The first-order valence-electron chi connectivity index (χ1n) is 5.45. The molecule has 88 valence electrons. The summed E-state index contributed by atoms with van der Waals surface area (Å²) in [7, 11) is 0. The summed E-state index contributed by atoms with van der Waals surface area (Å²) in [5.41, 5.74) is 1.06. The van der Waals surface area contributed by atoms with E-state index >= 15 is 0 Å². The van der Waals surface area contributed by atoms with Gasteiger partial charge in [0.05, 0.1) is 0 Å². The summed E-state index contributed by atoms with van der Waals surface area (Å²) in [5.74, 6) is 0.481. The van der Waals surface area contributed by atoms with E-state index in [1.54, 1.807) is 6.07 Å². The van der Waals surface area contributed by atoms with Crippen LogP contribution in [0.3, 0.4) is 0 Å². The Balaban J connectivity index is 1.80. The fraction of sp³-hybridized carbons (Fsp3) is 0.500. The van der Waals surface area contributed by atoms with Crippen LogP contribution in [0.25, 0.3) is 0 Å². The van der Waals surface area contributed by atoms with Crippen LogP contribution in [0.2, 0.25) is 0 Å². The Kier molecular flexibility index (Phi) is 4.22. The van der Waals surface area contributed by atoms with E-state index in [1.807, 2.05) is 0 Å². The van der Waals surface area contributed by atoms with Crippen molar-refractivity contribution in [3.8, 4) is 0 Å². The number of alkyl halides is 1. The topological polar surface area (TPSA) is 12.0 Å². The maximum absolute atomic E-state index is 12.8. The van der Waals surface area contributed by atoms with E-state index in [1.165, 1.54) is 25.0 Å². The predicted molar refractivity (Wildman–Crippen MR) is 68.2 cm³/mol. The van der Waals surface area contributed by atoms with Gasteiger partial charge in [-0.3, -0.25) is 0 Å². The van der Waals surface area contributed by atoms with Crippen molar-refractivity contribution in [1.82, 2.24) is 5.32 Å². The number of hydrogen-bond acceptors (Lipinski definition) is 1. The first-order chi connectivity index (χ1) is 7.66. The second-order valence-corrected chi connectivity index (χ2v) is 5.63. The maximum Gasteiger partial charge on any atom is 0.124 e. The van der Waals surface area contributed by atoms with Gasteiger partial charge in [-0.2, -0.15) is 0 Å². The summed E-state index contributed by atoms with van der Waals surface area (Å²) in [4.78, 5) is 0. The summed E-state index contributed by atoms with van der Waals surface area (Å²) < 4.78 is 13.6. The lowest BCUT2D eigenvalue weighted by Gasteiger charge is -2.10. The molecule has 0 aromatic heterocycles. The predicted octanol–water partition coefficient (Wildman–Crippen LogP) is 3.70. The third-order valence-electron chi connectivity index (χ3n) is 2.80. The van der Waals surface area contributed by atoms with E-state index < -0.39 is 0 Å². The number of hydrogen-bond donors (Lipinski definition) is 1. The van der Waals surface area contributed by atoms with Gasteiger partial charge in [-0.25, -0.2) is 4.39 Å². The molecule has 0 saturated heterocycles. The molecule has 2 rings (SSSR count). The summed E-state index contributed by atoms with van der Waals surface area (Å²) in [5, 5.41) is 3.53. The minimum atomic E-state index is -0.219. The summed E-state index contributed by atoms with van der Waals surface area (Å²) in [6.45, 7) is 1.53. The van der Waals surface area contributed by atoms with Crippen molar-refractivity contribution in [2.24, 2.45) is 5.92 Å². The van der Waals surface area contributed by atoms with E-state index in [4.69, 9.17) is 11.6 Å². The molecule has 0 amide bonds. The zero-order chi connectivity index (χ0) is 11.5. The van der Waals surface area contributed by atoms with Crippen LogP contribution in [0.5, 0.6) is 0 Å². The van der Waals surface area contributed by atoms with E-state index in [2.05, 4.69) is 21.2 Å². The van der Waals surface area contributed by atoms with Crippen molar-refractivity contribution >= 4 is 27.5 Å². The van der Waals surface area contributed by atoms with Crippen LogP contribution in [-0.4, -0.2) is 11.9 Å². The molecule has 0 radical (unpaired) electrons. The second kappa shape index (κ2) is 5.48. The Morgan fingerprint density at radius 1 is 1.50 bits per heavy atom. The first-order valence-corrected chi connectivity index (χ1v) is 6.68. The molecule has 1 aliphatic carbocycles. The molecule has 1 aromatic rings. The highest BCUT2D eigenvalue weighted by molar-refractivity contribution is 9.10. The Morgan fingerprint density at radius 3 is 2.88 bits per heavy atom. The molecule has 1 atom stereocenters. The second-order valence-electron chi connectivity index (χ2n) is 4.22. The summed E-state index contributed by atoms with van der Waals surface area (Å²) in [6.07, 6.45) is 2.52. The Labute approximate surface area is 109 Å². The van der Waals surface area contributed by atoms with Crippen LogP contribution in [0, 0.1) is 11.7 Å². The van der Waals surface area contributed by atoms with Gasteiger partial charge in [0.1, 0.15) is 5.82 Å². The minimum Gasteiger partial charge on any atom is -0.311 e. The first kappa shape index (κ1) is 12.3. The SMILES string of the molecule is Fc1ccc(CNCC(Cl)C2CC2)c(Br)c1. The average molecular weight is 307 g/mol. The minimum absolute atomic E-state index is 0.219. The normalized spacial score (nSPS) is 17.4. The molecule has 0 spiro atoms. The molecule has 1 aromatic carbocycles. The molecule has 16 heavy (non-hydrogen) atoms. The van der Waals surface area contributed by atoms with Gasteiger partial charge < -0.3 is 5.32 Å². The molecule has 4 heteroatoms. The average Bonchev–Trinajstić information content (AvgIpc) is 3.04. The fourth-order valence-corrected chi connectivity index (χ4v) is 2.49. The van der Waals surface area contributed by atoms with Gasteiger partial charge >= 0.3 is 0 Å². The van der Waals surface area contributed by atoms with Crippen LogP contribution in [0.15, 0.2) is 22.7 Å².